The van der Waals surface area contributed by atoms with Gasteiger partial charge in [-0.3, -0.25) is 4.79 Å². The van der Waals surface area contributed by atoms with Crippen LogP contribution in [0, 0.1) is 18.3 Å². The maximum atomic E-state index is 12.5. The lowest BCUT2D eigenvalue weighted by Gasteiger charge is -2.09. The molecule has 0 aromatic heterocycles. The van der Waals surface area contributed by atoms with Crippen molar-refractivity contribution in [2.45, 2.75) is 13.3 Å². The molecule has 3 rings (SSSR count). The van der Waals surface area contributed by atoms with Gasteiger partial charge in [0.1, 0.15) is 11.6 Å². The van der Waals surface area contributed by atoms with Crippen LogP contribution in [0.3, 0.4) is 0 Å². The van der Waals surface area contributed by atoms with Gasteiger partial charge in [0.25, 0.3) is 5.91 Å². The van der Waals surface area contributed by atoms with E-state index in [0.29, 0.717) is 5.69 Å². The molecule has 0 unspecified atom stereocenters. The Morgan fingerprint density at radius 2 is 1.69 bits per heavy atom. The van der Waals surface area contributed by atoms with Gasteiger partial charge in [-0.25, -0.2) is 0 Å². The van der Waals surface area contributed by atoms with E-state index in [4.69, 9.17) is 0 Å². The zero-order valence-corrected chi connectivity index (χ0v) is 18.9. The molecule has 0 atom stereocenters. The molecule has 1 N–H and O–H groups in total. The quantitative estimate of drug-likeness (QED) is 0.309. The van der Waals surface area contributed by atoms with Gasteiger partial charge in [0.2, 0.25) is 0 Å². The smallest absolute Gasteiger partial charge is 0.266 e. The summed E-state index contributed by atoms with van der Waals surface area (Å²) in [5.41, 5.74) is 4.78. The number of benzene rings is 3. The van der Waals surface area contributed by atoms with E-state index in [1.807, 2.05) is 73.7 Å². The molecular formula is C24H18Br2N2O. The Labute approximate surface area is 187 Å². The largest absolute Gasteiger partial charge is 0.321 e. The number of nitriles is 1. The van der Waals surface area contributed by atoms with Crippen molar-refractivity contribution in [1.29, 1.82) is 5.26 Å². The van der Waals surface area contributed by atoms with E-state index < -0.39 is 5.91 Å². The van der Waals surface area contributed by atoms with Crippen LogP contribution < -0.4 is 5.32 Å². The highest BCUT2D eigenvalue weighted by atomic mass is 79.9. The number of rotatable bonds is 5. The molecule has 0 saturated carbocycles. The second-order valence-electron chi connectivity index (χ2n) is 6.56. The van der Waals surface area contributed by atoms with Gasteiger partial charge in [-0.1, -0.05) is 80.4 Å². The SMILES string of the molecule is Cc1ccccc1NC(=O)/C(C#N)=C/c1ccc(Cc2ccccc2Br)c(Br)c1. The Morgan fingerprint density at radius 1 is 1.00 bits per heavy atom. The highest BCUT2D eigenvalue weighted by molar-refractivity contribution is 9.10. The molecule has 0 aliphatic heterocycles. The van der Waals surface area contributed by atoms with Gasteiger partial charge in [-0.2, -0.15) is 5.26 Å². The first-order valence-electron chi connectivity index (χ1n) is 8.98. The summed E-state index contributed by atoms with van der Waals surface area (Å²) >= 11 is 7.19. The zero-order chi connectivity index (χ0) is 20.8. The number of hydrogen-bond donors (Lipinski definition) is 1. The second kappa shape index (κ2) is 9.69. The van der Waals surface area contributed by atoms with Gasteiger partial charge >= 0.3 is 0 Å². The molecule has 0 fully saturated rings. The van der Waals surface area contributed by atoms with Crippen LogP contribution in [-0.2, 0) is 11.2 Å². The lowest BCUT2D eigenvalue weighted by atomic mass is 10.0. The summed E-state index contributed by atoms with van der Waals surface area (Å²) in [5, 5.41) is 12.3. The summed E-state index contributed by atoms with van der Waals surface area (Å²) in [4.78, 5) is 12.5. The number of para-hydroxylation sites is 1. The van der Waals surface area contributed by atoms with Gasteiger partial charge in [0.05, 0.1) is 0 Å². The van der Waals surface area contributed by atoms with Crippen molar-refractivity contribution in [3.8, 4) is 6.07 Å². The van der Waals surface area contributed by atoms with E-state index in [2.05, 4.69) is 43.2 Å². The number of nitrogens with zero attached hydrogens (tertiary/aromatic N) is 1. The fraction of sp³-hybridized carbons (Fsp3) is 0.0833. The van der Waals surface area contributed by atoms with Gasteiger partial charge in [-0.05, 0) is 59.9 Å². The molecule has 0 saturated heterocycles. The maximum Gasteiger partial charge on any atom is 0.266 e. The van der Waals surface area contributed by atoms with Crippen LogP contribution in [-0.4, -0.2) is 5.91 Å². The van der Waals surface area contributed by atoms with Crippen LogP contribution in [0.1, 0.15) is 22.3 Å². The van der Waals surface area contributed by atoms with Gasteiger partial charge in [0.15, 0.2) is 0 Å². The number of hydrogen-bond acceptors (Lipinski definition) is 2. The van der Waals surface area contributed by atoms with Crippen molar-refractivity contribution < 1.29 is 4.79 Å². The van der Waals surface area contributed by atoms with Crippen molar-refractivity contribution in [2.24, 2.45) is 0 Å². The molecule has 0 aliphatic carbocycles. The molecule has 3 aromatic carbocycles. The van der Waals surface area contributed by atoms with E-state index in [9.17, 15) is 10.1 Å². The Morgan fingerprint density at radius 3 is 2.38 bits per heavy atom. The van der Waals surface area contributed by atoms with Gasteiger partial charge in [0, 0.05) is 14.6 Å². The minimum atomic E-state index is -0.421. The van der Waals surface area contributed by atoms with E-state index in [1.54, 1.807) is 6.08 Å². The zero-order valence-electron chi connectivity index (χ0n) is 15.7. The molecule has 1 amide bonds. The summed E-state index contributed by atoms with van der Waals surface area (Å²) in [6.07, 6.45) is 2.37. The molecule has 0 radical (unpaired) electrons. The number of halogens is 2. The van der Waals surface area contributed by atoms with E-state index >= 15 is 0 Å². The van der Waals surface area contributed by atoms with Crippen LogP contribution >= 0.6 is 31.9 Å². The lowest BCUT2D eigenvalue weighted by Crippen LogP contribution is -2.14. The molecular weight excluding hydrogens is 492 g/mol. The van der Waals surface area contributed by atoms with Crippen molar-refractivity contribution in [1.82, 2.24) is 0 Å². The van der Waals surface area contributed by atoms with E-state index in [1.165, 1.54) is 5.56 Å². The van der Waals surface area contributed by atoms with Crippen LogP contribution in [0.4, 0.5) is 5.69 Å². The third-order valence-electron chi connectivity index (χ3n) is 4.49. The molecule has 0 heterocycles. The highest BCUT2D eigenvalue weighted by Crippen LogP contribution is 2.26. The summed E-state index contributed by atoms with van der Waals surface area (Å²) in [7, 11) is 0. The van der Waals surface area contributed by atoms with Crippen LogP contribution in [0.5, 0.6) is 0 Å². The van der Waals surface area contributed by atoms with Crippen LogP contribution in [0.15, 0.2) is 81.2 Å². The highest BCUT2D eigenvalue weighted by Gasteiger charge is 2.11. The number of carbonyl (C=O) groups is 1. The lowest BCUT2D eigenvalue weighted by molar-refractivity contribution is -0.112. The average Bonchev–Trinajstić information content (AvgIpc) is 2.71. The molecule has 0 bridgehead atoms. The average molecular weight is 510 g/mol. The summed E-state index contributed by atoms with van der Waals surface area (Å²) < 4.78 is 1.99. The molecule has 29 heavy (non-hydrogen) atoms. The number of anilines is 1. The van der Waals surface area contributed by atoms with Crippen molar-refractivity contribution in [3.63, 3.8) is 0 Å². The summed E-state index contributed by atoms with van der Waals surface area (Å²) in [6, 6.07) is 23.4. The Kier molecular flexibility index (Phi) is 7.03. The van der Waals surface area contributed by atoms with Crippen molar-refractivity contribution in [3.05, 3.63) is 104 Å². The Bertz CT molecular complexity index is 1130. The summed E-state index contributed by atoms with van der Waals surface area (Å²) in [5.74, 6) is -0.421. The first-order chi connectivity index (χ1) is 14.0. The number of carbonyl (C=O) groups excluding carboxylic acids is 1. The second-order valence-corrected chi connectivity index (χ2v) is 8.27. The van der Waals surface area contributed by atoms with Gasteiger partial charge in [-0.15, -0.1) is 0 Å². The third kappa shape index (κ3) is 5.44. The molecule has 0 aliphatic rings. The predicted octanol–water partition coefficient (Wildman–Crippen LogP) is 6.66. The van der Waals surface area contributed by atoms with Gasteiger partial charge < -0.3 is 5.32 Å². The Balaban J connectivity index is 1.80. The monoisotopic (exact) mass is 508 g/mol. The fourth-order valence-corrected chi connectivity index (χ4v) is 3.82. The third-order valence-corrected chi connectivity index (χ3v) is 6.00. The number of aryl methyl sites for hydroxylation is 1. The topological polar surface area (TPSA) is 52.9 Å². The van der Waals surface area contributed by atoms with Crippen LogP contribution in [0.2, 0.25) is 0 Å². The number of amides is 1. The molecule has 3 aromatic rings. The summed E-state index contributed by atoms with van der Waals surface area (Å²) in [6.45, 7) is 1.91. The van der Waals surface area contributed by atoms with Crippen molar-refractivity contribution >= 4 is 49.5 Å². The fourth-order valence-electron chi connectivity index (χ4n) is 2.86. The molecule has 0 spiro atoms. The minimum Gasteiger partial charge on any atom is -0.321 e. The van der Waals surface area contributed by atoms with Crippen LogP contribution in [0.25, 0.3) is 6.08 Å². The van der Waals surface area contributed by atoms with E-state index in [-0.39, 0.29) is 5.57 Å². The molecule has 5 heteroatoms. The standard InChI is InChI=1S/C24H18Br2N2O/c1-16-6-2-5-9-23(16)28-24(29)20(15-27)12-17-10-11-19(22(26)13-17)14-18-7-3-4-8-21(18)25/h2-13H,14H2,1H3,(H,28,29)/b20-12+. The first-order valence-corrected chi connectivity index (χ1v) is 10.6. The normalized spacial score (nSPS) is 11.0. The molecule has 144 valence electrons. The Hall–Kier alpha value is -2.68. The van der Waals surface area contributed by atoms with E-state index in [0.717, 1.165) is 32.1 Å². The minimum absolute atomic E-state index is 0.0544. The van der Waals surface area contributed by atoms with Crippen molar-refractivity contribution in [2.75, 3.05) is 5.32 Å². The molecule has 3 nitrogen and oxygen atoms in total. The maximum absolute atomic E-state index is 12.5. The first kappa shape index (κ1) is 21.0. The predicted molar refractivity (Wildman–Crippen MR) is 124 cm³/mol. The number of nitrogens with one attached hydrogen (secondary N) is 1.